The summed E-state index contributed by atoms with van der Waals surface area (Å²) < 4.78 is 22.6. The minimum atomic E-state index is -1.65. The van der Waals surface area contributed by atoms with Crippen LogP contribution in [0.2, 0.25) is 19.6 Å². The summed E-state index contributed by atoms with van der Waals surface area (Å²) in [7, 11) is 0.492. The van der Waals surface area contributed by atoms with Crippen LogP contribution in [0.4, 0.5) is 4.39 Å². The summed E-state index contributed by atoms with van der Waals surface area (Å²) in [6.45, 7) is 13.7. The number of aryl methyl sites for hydroxylation is 3. The number of pyridine rings is 1. The molecule has 2 aromatic heterocycles. The molecule has 0 radical (unpaired) electrons. The summed E-state index contributed by atoms with van der Waals surface area (Å²) in [5, 5.41) is 4.81. The Balaban J connectivity index is 1.99. The summed E-state index contributed by atoms with van der Waals surface area (Å²) in [6, 6.07) is 15.9. The zero-order chi connectivity index (χ0) is 22.9. The molecule has 0 saturated heterocycles. The Morgan fingerprint density at radius 1 is 0.875 bits per heavy atom. The van der Waals surface area contributed by atoms with Crippen molar-refractivity contribution in [2.24, 2.45) is 7.05 Å². The molecule has 0 bridgehead atoms. The molecule has 5 rings (SSSR count). The summed E-state index contributed by atoms with van der Waals surface area (Å²) in [5.74, 6) is -0.278. The van der Waals surface area contributed by atoms with Gasteiger partial charge < -0.3 is 4.42 Å². The summed E-state index contributed by atoms with van der Waals surface area (Å²) in [6.07, 6.45) is 0. The third-order valence-electron chi connectivity index (χ3n) is 6.83. The lowest BCUT2D eigenvalue weighted by molar-refractivity contribution is -0.633. The zero-order valence-corrected chi connectivity index (χ0v) is 20.9. The van der Waals surface area contributed by atoms with Crippen LogP contribution in [0, 0.1) is 26.6 Å². The molecule has 0 fully saturated rings. The monoisotopic (exact) mass is 442 g/mol. The lowest BCUT2D eigenvalue weighted by atomic mass is 9.95. The molecule has 0 N–H and O–H groups in total. The lowest BCUT2D eigenvalue weighted by Gasteiger charge is -2.21. The highest BCUT2D eigenvalue weighted by Crippen LogP contribution is 2.39. The number of benzene rings is 3. The summed E-state index contributed by atoms with van der Waals surface area (Å²) in [5.41, 5.74) is 8.62. The molecule has 0 aliphatic heterocycles. The van der Waals surface area contributed by atoms with Gasteiger partial charge in [-0.05, 0) is 60.8 Å². The Bertz CT molecular complexity index is 1560. The van der Waals surface area contributed by atoms with Gasteiger partial charge in [-0.25, -0.2) is 4.39 Å². The third kappa shape index (κ3) is 3.00. The maximum atomic E-state index is 13.9. The first-order valence-electron chi connectivity index (χ1n) is 11.1. The topological polar surface area (TPSA) is 17.0 Å². The van der Waals surface area contributed by atoms with Crippen LogP contribution in [-0.2, 0) is 7.05 Å². The van der Waals surface area contributed by atoms with E-state index in [2.05, 4.69) is 82.4 Å². The van der Waals surface area contributed by atoms with E-state index < -0.39 is 8.07 Å². The van der Waals surface area contributed by atoms with E-state index >= 15 is 0 Å². The maximum Gasteiger partial charge on any atom is 0.216 e. The van der Waals surface area contributed by atoms with Crippen molar-refractivity contribution in [3.05, 3.63) is 71.0 Å². The van der Waals surface area contributed by atoms with Crippen molar-refractivity contribution in [2.75, 3.05) is 0 Å². The van der Waals surface area contributed by atoms with Gasteiger partial charge in [0, 0.05) is 34.4 Å². The first-order chi connectivity index (χ1) is 15.1. The van der Waals surface area contributed by atoms with E-state index in [1.165, 1.54) is 44.9 Å². The van der Waals surface area contributed by atoms with Gasteiger partial charge in [0.15, 0.2) is 0 Å². The number of hydrogen-bond acceptors (Lipinski definition) is 1. The van der Waals surface area contributed by atoms with Gasteiger partial charge in [-0.3, -0.25) is 0 Å². The Hall–Kier alpha value is -2.98. The van der Waals surface area contributed by atoms with E-state index in [-0.39, 0.29) is 5.82 Å². The van der Waals surface area contributed by atoms with Crippen LogP contribution in [-0.4, -0.2) is 8.07 Å². The summed E-state index contributed by atoms with van der Waals surface area (Å²) in [4.78, 5) is 0. The van der Waals surface area contributed by atoms with Crippen LogP contribution in [0.1, 0.15) is 16.7 Å². The second-order valence-electron chi connectivity index (χ2n) is 10.0. The molecule has 0 saturated carbocycles. The lowest BCUT2D eigenvalue weighted by Crippen LogP contribution is -2.44. The highest BCUT2D eigenvalue weighted by Gasteiger charge is 2.30. The molecular weight excluding hydrogens is 413 g/mol. The average Bonchev–Trinajstić information content (AvgIpc) is 3.06. The normalized spacial score (nSPS) is 12.4. The number of furan rings is 1. The minimum Gasteiger partial charge on any atom is -0.455 e. The molecule has 2 nitrogen and oxygen atoms in total. The molecule has 5 aromatic rings. The number of halogens is 1. The van der Waals surface area contributed by atoms with Crippen LogP contribution in [0.5, 0.6) is 0 Å². The molecule has 32 heavy (non-hydrogen) atoms. The molecule has 3 aromatic carbocycles. The second kappa shape index (κ2) is 7.01. The second-order valence-corrected chi connectivity index (χ2v) is 15.1. The Morgan fingerprint density at radius 3 is 2.34 bits per heavy atom. The van der Waals surface area contributed by atoms with Crippen LogP contribution in [0.25, 0.3) is 44.1 Å². The van der Waals surface area contributed by atoms with Crippen LogP contribution in [0.3, 0.4) is 0 Å². The van der Waals surface area contributed by atoms with Crippen LogP contribution >= 0.6 is 0 Å². The smallest absolute Gasteiger partial charge is 0.216 e. The van der Waals surface area contributed by atoms with E-state index in [4.69, 9.17) is 4.42 Å². The number of aromatic nitrogens is 1. The first kappa shape index (κ1) is 20.9. The van der Waals surface area contributed by atoms with Crippen LogP contribution in [0.15, 0.2) is 52.9 Å². The molecule has 162 valence electrons. The van der Waals surface area contributed by atoms with Crippen molar-refractivity contribution in [1.82, 2.24) is 0 Å². The quantitative estimate of drug-likeness (QED) is 0.216. The third-order valence-corrected chi connectivity index (χ3v) is 8.84. The van der Waals surface area contributed by atoms with Gasteiger partial charge >= 0.3 is 0 Å². The largest absolute Gasteiger partial charge is 0.455 e. The van der Waals surface area contributed by atoms with Gasteiger partial charge in [-0.1, -0.05) is 31.8 Å². The number of nitrogens with zero attached hydrogens (tertiary/aromatic N) is 1. The van der Waals surface area contributed by atoms with Crippen molar-refractivity contribution in [1.29, 1.82) is 0 Å². The fourth-order valence-electron chi connectivity index (χ4n) is 4.97. The molecule has 0 unspecified atom stereocenters. The molecule has 0 aliphatic carbocycles. The van der Waals surface area contributed by atoms with Gasteiger partial charge in [0.1, 0.15) is 24.0 Å². The maximum absolute atomic E-state index is 13.9. The molecule has 0 aliphatic rings. The first-order valence-corrected chi connectivity index (χ1v) is 14.6. The molecular formula is C28H29FNOSi+. The van der Waals surface area contributed by atoms with Crippen molar-refractivity contribution in [3.8, 4) is 11.3 Å². The van der Waals surface area contributed by atoms with Gasteiger partial charge in [-0.2, -0.15) is 4.57 Å². The Kier molecular flexibility index (Phi) is 4.58. The van der Waals surface area contributed by atoms with Crippen molar-refractivity contribution in [2.45, 2.75) is 40.4 Å². The minimum absolute atomic E-state index is 0.278. The fraction of sp³-hybridized carbons (Fsp3) is 0.250. The van der Waals surface area contributed by atoms with E-state index in [0.29, 0.717) is 5.58 Å². The van der Waals surface area contributed by atoms with Gasteiger partial charge in [0.05, 0.1) is 13.6 Å². The number of hydrogen-bond donors (Lipinski definition) is 0. The highest BCUT2D eigenvalue weighted by molar-refractivity contribution is 6.90. The average molecular weight is 443 g/mol. The standard InChI is InChI=1S/C28H29FNOSi/c1-16-9-8-10-22-26(16)25(32(5,6)7)15-23(30(22)4)27-18(3)17(2)13-21-20-12-11-19(29)14-24(20)31-28(21)27/h8-15H,1-7H3/q+1. The van der Waals surface area contributed by atoms with Gasteiger partial charge in [0.25, 0.3) is 0 Å². The van der Waals surface area contributed by atoms with E-state index in [9.17, 15) is 4.39 Å². The van der Waals surface area contributed by atoms with Crippen molar-refractivity contribution < 1.29 is 13.4 Å². The van der Waals surface area contributed by atoms with E-state index in [1.54, 1.807) is 0 Å². The van der Waals surface area contributed by atoms with Gasteiger partial charge in [0.2, 0.25) is 11.2 Å². The Morgan fingerprint density at radius 2 is 1.62 bits per heavy atom. The summed E-state index contributed by atoms with van der Waals surface area (Å²) >= 11 is 0. The zero-order valence-electron chi connectivity index (χ0n) is 19.9. The molecule has 0 atom stereocenters. The molecule has 0 amide bonds. The fourth-order valence-corrected chi connectivity index (χ4v) is 6.61. The predicted octanol–water partition coefficient (Wildman–Crippen LogP) is 6.84. The van der Waals surface area contributed by atoms with E-state index in [0.717, 1.165) is 27.6 Å². The molecule has 0 spiro atoms. The number of rotatable bonds is 2. The number of fused-ring (bicyclic) bond motifs is 4. The predicted molar refractivity (Wildman–Crippen MR) is 135 cm³/mol. The Labute approximate surface area is 189 Å². The van der Waals surface area contributed by atoms with Crippen molar-refractivity contribution in [3.63, 3.8) is 0 Å². The van der Waals surface area contributed by atoms with Crippen molar-refractivity contribution >= 4 is 46.1 Å². The SMILES string of the molecule is Cc1cc2c(oc3cc(F)ccc32)c(-c2cc([Si](C)(C)C)c3c(C)cccc3[n+]2C)c1C. The molecule has 4 heteroatoms. The highest BCUT2D eigenvalue weighted by atomic mass is 28.3. The van der Waals surface area contributed by atoms with E-state index in [1.807, 2.05) is 6.07 Å². The molecule has 2 heterocycles. The van der Waals surface area contributed by atoms with Gasteiger partial charge in [-0.15, -0.1) is 0 Å². The van der Waals surface area contributed by atoms with Crippen LogP contribution < -0.4 is 9.75 Å².